The van der Waals surface area contributed by atoms with Crippen molar-refractivity contribution in [2.24, 2.45) is 5.41 Å². The van der Waals surface area contributed by atoms with Crippen LogP contribution in [0.5, 0.6) is 0 Å². The van der Waals surface area contributed by atoms with Crippen LogP contribution in [-0.2, 0) is 11.3 Å². The predicted molar refractivity (Wildman–Crippen MR) is 84.1 cm³/mol. The molecular formula is C17H27N3O. The molecule has 1 spiro atoms. The van der Waals surface area contributed by atoms with Gasteiger partial charge in [0.2, 0.25) is 0 Å². The number of pyridine rings is 1. The maximum absolute atomic E-state index is 5.93. The molecule has 1 aromatic heterocycles. The lowest BCUT2D eigenvalue weighted by Gasteiger charge is -2.43. The van der Waals surface area contributed by atoms with E-state index in [2.05, 4.69) is 33.8 Å². The topological polar surface area (TPSA) is 28.6 Å². The molecule has 3 rings (SSSR count). The maximum atomic E-state index is 5.93. The number of rotatable bonds is 3. The van der Waals surface area contributed by atoms with Crippen molar-refractivity contribution in [2.75, 3.05) is 45.9 Å². The molecule has 0 amide bonds. The molecule has 2 saturated heterocycles. The van der Waals surface area contributed by atoms with E-state index in [1.165, 1.54) is 31.6 Å². The van der Waals surface area contributed by atoms with Crippen molar-refractivity contribution in [2.45, 2.75) is 26.3 Å². The van der Waals surface area contributed by atoms with Gasteiger partial charge >= 0.3 is 0 Å². The summed E-state index contributed by atoms with van der Waals surface area (Å²) < 4.78 is 5.93. The molecular weight excluding hydrogens is 262 g/mol. The Balaban J connectivity index is 1.66. The summed E-state index contributed by atoms with van der Waals surface area (Å²) in [6.07, 6.45) is 4.46. The van der Waals surface area contributed by atoms with Gasteiger partial charge < -0.3 is 9.64 Å². The molecule has 4 nitrogen and oxygen atoms in total. The van der Waals surface area contributed by atoms with Gasteiger partial charge in [0.15, 0.2) is 0 Å². The number of hydrogen-bond donors (Lipinski definition) is 0. The first kappa shape index (κ1) is 14.9. The molecule has 1 atom stereocenters. The fourth-order valence-electron chi connectivity index (χ4n) is 3.76. The van der Waals surface area contributed by atoms with E-state index in [-0.39, 0.29) is 0 Å². The van der Waals surface area contributed by atoms with Crippen LogP contribution >= 0.6 is 0 Å². The zero-order chi connectivity index (χ0) is 14.5. The van der Waals surface area contributed by atoms with Crippen molar-refractivity contribution < 1.29 is 4.74 Å². The molecule has 0 saturated carbocycles. The predicted octanol–water partition coefficient (Wildman–Crippen LogP) is 2.02. The van der Waals surface area contributed by atoms with Gasteiger partial charge in [0.1, 0.15) is 0 Å². The highest BCUT2D eigenvalue weighted by molar-refractivity contribution is 5.04. The number of likely N-dealkylation sites (tertiary alicyclic amines) is 1. The van der Waals surface area contributed by atoms with E-state index in [0.29, 0.717) is 5.41 Å². The fraction of sp³-hybridized carbons (Fsp3) is 0.706. The van der Waals surface area contributed by atoms with E-state index < -0.39 is 0 Å². The number of hydrogen-bond acceptors (Lipinski definition) is 4. The standard InChI is InChI=1S/C17H27N3O/c1-2-19-10-11-21-15-17(13-19)7-5-9-20(14-17)12-16-6-3-4-8-18-16/h3-4,6,8H,2,5,7,9-15H2,1H3. The smallest absolute Gasteiger partial charge is 0.0593 e. The van der Waals surface area contributed by atoms with Crippen LogP contribution < -0.4 is 0 Å². The van der Waals surface area contributed by atoms with Gasteiger partial charge in [0.25, 0.3) is 0 Å². The summed E-state index contributed by atoms with van der Waals surface area (Å²) in [5.41, 5.74) is 1.50. The van der Waals surface area contributed by atoms with Crippen LogP contribution in [0.25, 0.3) is 0 Å². The third-order valence-electron chi connectivity index (χ3n) is 4.82. The zero-order valence-corrected chi connectivity index (χ0v) is 13.1. The van der Waals surface area contributed by atoms with Crippen molar-refractivity contribution in [1.82, 2.24) is 14.8 Å². The SMILES string of the molecule is CCN1CCOCC2(CCCN(Cc3ccccn3)C2)C1. The second-order valence-corrected chi connectivity index (χ2v) is 6.56. The van der Waals surface area contributed by atoms with E-state index >= 15 is 0 Å². The van der Waals surface area contributed by atoms with Gasteiger partial charge in [-0.05, 0) is 38.1 Å². The first-order valence-electron chi connectivity index (χ1n) is 8.22. The second-order valence-electron chi connectivity index (χ2n) is 6.56. The average Bonchev–Trinajstić information content (AvgIpc) is 2.71. The Morgan fingerprint density at radius 3 is 2.95 bits per heavy atom. The third kappa shape index (κ3) is 3.82. The minimum atomic E-state index is 0.319. The van der Waals surface area contributed by atoms with E-state index in [1.807, 2.05) is 12.3 Å². The quantitative estimate of drug-likeness (QED) is 0.851. The Labute approximate surface area is 128 Å². The molecule has 0 aromatic carbocycles. The molecule has 116 valence electrons. The molecule has 1 unspecified atom stereocenters. The molecule has 2 aliphatic heterocycles. The van der Waals surface area contributed by atoms with E-state index in [9.17, 15) is 0 Å². The summed E-state index contributed by atoms with van der Waals surface area (Å²) in [5, 5.41) is 0. The molecule has 1 aromatic rings. The van der Waals surface area contributed by atoms with Crippen molar-refractivity contribution in [1.29, 1.82) is 0 Å². The van der Waals surface area contributed by atoms with Gasteiger partial charge in [-0.3, -0.25) is 9.88 Å². The first-order chi connectivity index (χ1) is 10.3. The van der Waals surface area contributed by atoms with Gasteiger partial charge in [-0.25, -0.2) is 0 Å². The van der Waals surface area contributed by atoms with Crippen LogP contribution in [0.2, 0.25) is 0 Å². The Morgan fingerprint density at radius 2 is 2.14 bits per heavy atom. The number of ether oxygens (including phenoxy) is 1. The summed E-state index contributed by atoms with van der Waals surface area (Å²) in [4.78, 5) is 9.59. The van der Waals surface area contributed by atoms with Crippen molar-refractivity contribution in [3.8, 4) is 0 Å². The lowest BCUT2D eigenvalue weighted by molar-refractivity contribution is 0.00297. The van der Waals surface area contributed by atoms with Crippen molar-refractivity contribution in [3.05, 3.63) is 30.1 Å². The number of aromatic nitrogens is 1. The van der Waals surface area contributed by atoms with Gasteiger partial charge in [-0.2, -0.15) is 0 Å². The van der Waals surface area contributed by atoms with Crippen LogP contribution in [-0.4, -0.2) is 60.7 Å². The van der Waals surface area contributed by atoms with Crippen LogP contribution in [0.15, 0.2) is 24.4 Å². The Bertz CT molecular complexity index is 439. The first-order valence-corrected chi connectivity index (χ1v) is 8.22. The summed E-state index contributed by atoms with van der Waals surface area (Å²) in [6.45, 7) is 10.7. The highest BCUT2D eigenvalue weighted by Crippen LogP contribution is 2.33. The third-order valence-corrected chi connectivity index (χ3v) is 4.82. The molecule has 0 radical (unpaired) electrons. The highest BCUT2D eigenvalue weighted by Gasteiger charge is 2.38. The van der Waals surface area contributed by atoms with Crippen molar-refractivity contribution >= 4 is 0 Å². The molecule has 21 heavy (non-hydrogen) atoms. The highest BCUT2D eigenvalue weighted by atomic mass is 16.5. The summed E-state index contributed by atoms with van der Waals surface area (Å²) in [7, 11) is 0. The van der Waals surface area contributed by atoms with Crippen molar-refractivity contribution in [3.63, 3.8) is 0 Å². The molecule has 2 fully saturated rings. The Morgan fingerprint density at radius 1 is 1.24 bits per heavy atom. The second kappa shape index (κ2) is 6.86. The zero-order valence-electron chi connectivity index (χ0n) is 13.1. The van der Waals surface area contributed by atoms with Gasteiger partial charge in [-0.15, -0.1) is 0 Å². The van der Waals surface area contributed by atoms with Gasteiger partial charge in [0, 0.05) is 37.8 Å². The van der Waals surface area contributed by atoms with Crippen LogP contribution in [0.3, 0.4) is 0 Å². The maximum Gasteiger partial charge on any atom is 0.0593 e. The average molecular weight is 289 g/mol. The molecule has 2 aliphatic rings. The van der Waals surface area contributed by atoms with Crippen LogP contribution in [0, 0.1) is 5.41 Å². The molecule has 3 heterocycles. The molecule has 0 aliphatic carbocycles. The lowest BCUT2D eigenvalue weighted by Crippen LogP contribution is -2.50. The largest absolute Gasteiger partial charge is 0.379 e. The van der Waals surface area contributed by atoms with Gasteiger partial charge in [-0.1, -0.05) is 13.0 Å². The minimum Gasteiger partial charge on any atom is -0.379 e. The molecule has 0 bridgehead atoms. The lowest BCUT2D eigenvalue weighted by atomic mass is 9.80. The Kier molecular flexibility index (Phi) is 4.88. The number of likely N-dealkylation sites (N-methyl/N-ethyl adjacent to an activating group) is 1. The number of piperidine rings is 1. The van der Waals surface area contributed by atoms with E-state index in [1.54, 1.807) is 0 Å². The fourth-order valence-corrected chi connectivity index (χ4v) is 3.76. The monoisotopic (exact) mass is 289 g/mol. The normalized spacial score (nSPS) is 28.6. The van der Waals surface area contributed by atoms with Crippen LogP contribution in [0.4, 0.5) is 0 Å². The Hall–Kier alpha value is -0.970. The summed E-state index contributed by atoms with van der Waals surface area (Å²) >= 11 is 0. The van der Waals surface area contributed by atoms with Crippen LogP contribution in [0.1, 0.15) is 25.5 Å². The summed E-state index contributed by atoms with van der Waals surface area (Å²) in [6, 6.07) is 6.19. The number of nitrogens with zero attached hydrogens (tertiary/aromatic N) is 3. The van der Waals surface area contributed by atoms with E-state index in [4.69, 9.17) is 4.74 Å². The van der Waals surface area contributed by atoms with E-state index in [0.717, 1.165) is 39.4 Å². The van der Waals surface area contributed by atoms with Gasteiger partial charge in [0.05, 0.1) is 18.9 Å². The molecule has 4 heteroatoms. The summed E-state index contributed by atoms with van der Waals surface area (Å²) in [5.74, 6) is 0. The molecule has 0 N–H and O–H groups in total. The minimum absolute atomic E-state index is 0.319.